The highest BCUT2D eigenvalue weighted by molar-refractivity contribution is 7.91. The van der Waals surface area contributed by atoms with Gasteiger partial charge in [-0.15, -0.1) is 0 Å². The maximum absolute atomic E-state index is 12.4. The summed E-state index contributed by atoms with van der Waals surface area (Å²) < 4.78 is 30.1. The monoisotopic (exact) mass is 394 g/mol. The lowest BCUT2D eigenvalue weighted by molar-refractivity contribution is 0.0328. The average molecular weight is 395 g/mol. The Labute approximate surface area is 159 Å². The number of fused-ring (bicyclic) bond motifs is 1. The second-order valence-electron chi connectivity index (χ2n) is 7.83. The van der Waals surface area contributed by atoms with Gasteiger partial charge in [0.25, 0.3) is 0 Å². The molecule has 1 N–H and O–H groups in total. The minimum Gasteiger partial charge on any atom is -0.348 e. The molecule has 0 spiro atoms. The number of aromatic nitrogens is 4. The van der Waals surface area contributed by atoms with Crippen molar-refractivity contribution in [2.24, 2.45) is 0 Å². The maximum Gasteiger partial charge on any atom is 0.229 e. The minimum absolute atomic E-state index is 0.0312. The summed E-state index contributed by atoms with van der Waals surface area (Å²) in [5, 5.41) is 4.07. The molecule has 27 heavy (non-hydrogen) atoms. The summed E-state index contributed by atoms with van der Waals surface area (Å²) >= 11 is 0. The molecule has 148 valence electrons. The molecule has 0 amide bonds. The molecule has 2 fully saturated rings. The third-order valence-electron chi connectivity index (χ3n) is 5.52. The Kier molecular flexibility index (Phi) is 4.81. The molecule has 2 aromatic rings. The Morgan fingerprint density at radius 3 is 2.44 bits per heavy atom. The SMILES string of the molecule is Cc1[nH]cnc1CN1CCN(Cc2noc(C(C)C)n2)[C@H]2CS(=O)(=O)C[C@H]21. The van der Waals surface area contributed by atoms with Crippen molar-refractivity contribution < 1.29 is 12.9 Å². The lowest BCUT2D eigenvalue weighted by atomic mass is 10.0. The van der Waals surface area contributed by atoms with Gasteiger partial charge in [0.05, 0.1) is 30.1 Å². The fourth-order valence-electron chi connectivity index (χ4n) is 3.98. The predicted octanol–water partition coefficient (Wildman–Crippen LogP) is 0.708. The van der Waals surface area contributed by atoms with E-state index in [4.69, 9.17) is 4.52 Å². The van der Waals surface area contributed by atoms with Gasteiger partial charge in [0.15, 0.2) is 15.7 Å². The van der Waals surface area contributed by atoms with Gasteiger partial charge in [-0.1, -0.05) is 19.0 Å². The summed E-state index contributed by atoms with van der Waals surface area (Å²) in [6, 6.07) is -0.0830. The van der Waals surface area contributed by atoms with Crippen molar-refractivity contribution >= 4 is 9.84 Å². The largest absolute Gasteiger partial charge is 0.348 e. The quantitative estimate of drug-likeness (QED) is 0.790. The van der Waals surface area contributed by atoms with Crippen LogP contribution in [-0.2, 0) is 22.9 Å². The minimum atomic E-state index is -3.06. The summed E-state index contributed by atoms with van der Waals surface area (Å²) in [4.78, 5) is 16.4. The predicted molar refractivity (Wildman–Crippen MR) is 98.8 cm³/mol. The lowest BCUT2D eigenvalue weighted by Crippen LogP contribution is -2.58. The first kappa shape index (κ1) is 18.6. The van der Waals surface area contributed by atoms with Crippen LogP contribution in [0.25, 0.3) is 0 Å². The van der Waals surface area contributed by atoms with E-state index in [2.05, 4.69) is 29.9 Å². The van der Waals surface area contributed by atoms with E-state index in [0.717, 1.165) is 24.5 Å². The molecule has 9 nitrogen and oxygen atoms in total. The van der Waals surface area contributed by atoms with Crippen molar-refractivity contribution in [3.05, 3.63) is 29.4 Å². The molecule has 10 heteroatoms. The van der Waals surface area contributed by atoms with Gasteiger partial charge >= 0.3 is 0 Å². The van der Waals surface area contributed by atoms with Crippen LogP contribution in [0, 0.1) is 6.92 Å². The topological polar surface area (TPSA) is 108 Å². The van der Waals surface area contributed by atoms with Gasteiger partial charge in [-0.05, 0) is 6.92 Å². The first-order valence-corrected chi connectivity index (χ1v) is 11.1. The number of nitrogens with one attached hydrogen (secondary N) is 1. The number of aryl methyl sites for hydroxylation is 1. The molecule has 2 saturated heterocycles. The Hall–Kier alpha value is -1.78. The number of hydrogen-bond acceptors (Lipinski definition) is 8. The van der Waals surface area contributed by atoms with E-state index in [9.17, 15) is 8.42 Å². The van der Waals surface area contributed by atoms with Crippen LogP contribution in [0.4, 0.5) is 0 Å². The fourth-order valence-corrected chi connectivity index (χ4v) is 6.02. The second kappa shape index (κ2) is 6.99. The number of nitrogens with zero attached hydrogens (tertiary/aromatic N) is 5. The average Bonchev–Trinajstić information content (AvgIpc) is 3.29. The molecular weight excluding hydrogens is 368 g/mol. The van der Waals surface area contributed by atoms with Crippen molar-refractivity contribution in [1.82, 2.24) is 29.9 Å². The molecule has 2 aromatic heterocycles. The Morgan fingerprint density at radius 1 is 1.22 bits per heavy atom. The third-order valence-corrected chi connectivity index (χ3v) is 7.21. The zero-order valence-corrected chi connectivity index (χ0v) is 16.7. The van der Waals surface area contributed by atoms with E-state index in [1.165, 1.54) is 0 Å². The highest BCUT2D eigenvalue weighted by Crippen LogP contribution is 2.29. The van der Waals surface area contributed by atoms with Crippen LogP contribution in [-0.4, -0.2) is 75.0 Å². The summed E-state index contributed by atoms with van der Waals surface area (Å²) in [5.74, 6) is 1.80. The Morgan fingerprint density at radius 2 is 1.89 bits per heavy atom. The van der Waals surface area contributed by atoms with E-state index < -0.39 is 9.84 Å². The second-order valence-corrected chi connectivity index (χ2v) is 9.98. The van der Waals surface area contributed by atoms with Crippen molar-refractivity contribution in [3.8, 4) is 0 Å². The van der Waals surface area contributed by atoms with Crippen molar-refractivity contribution in [1.29, 1.82) is 0 Å². The van der Waals surface area contributed by atoms with Crippen LogP contribution in [0.5, 0.6) is 0 Å². The van der Waals surface area contributed by atoms with Crippen LogP contribution < -0.4 is 0 Å². The number of sulfone groups is 1. The smallest absolute Gasteiger partial charge is 0.229 e. The van der Waals surface area contributed by atoms with Gasteiger partial charge < -0.3 is 9.51 Å². The lowest BCUT2D eigenvalue weighted by Gasteiger charge is -2.43. The summed E-state index contributed by atoms with van der Waals surface area (Å²) in [6.07, 6.45) is 1.69. The molecule has 0 unspecified atom stereocenters. The summed E-state index contributed by atoms with van der Waals surface area (Å²) in [6.45, 7) is 8.74. The third kappa shape index (κ3) is 3.78. The van der Waals surface area contributed by atoms with Crippen LogP contribution in [0.15, 0.2) is 10.9 Å². The number of imidazole rings is 1. The molecule has 0 bridgehead atoms. The van der Waals surface area contributed by atoms with Gasteiger partial charge in [0.1, 0.15) is 0 Å². The number of H-pyrrole nitrogens is 1. The molecule has 2 atom stereocenters. The molecule has 0 saturated carbocycles. The van der Waals surface area contributed by atoms with Crippen LogP contribution in [0.2, 0.25) is 0 Å². The normalized spacial score (nSPS) is 25.9. The maximum atomic E-state index is 12.4. The van der Waals surface area contributed by atoms with Gasteiger partial charge in [-0.3, -0.25) is 9.80 Å². The van der Waals surface area contributed by atoms with E-state index in [0.29, 0.717) is 24.8 Å². The van der Waals surface area contributed by atoms with Crippen LogP contribution in [0.1, 0.15) is 42.9 Å². The molecule has 0 aliphatic carbocycles. The highest BCUT2D eigenvalue weighted by Gasteiger charge is 2.46. The first-order valence-electron chi connectivity index (χ1n) is 9.32. The molecule has 0 radical (unpaired) electrons. The van der Waals surface area contributed by atoms with Crippen molar-refractivity contribution in [2.75, 3.05) is 24.6 Å². The molecule has 2 aliphatic rings. The summed E-state index contributed by atoms with van der Waals surface area (Å²) in [7, 11) is -3.06. The van der Waals surface area contributed by atoms with Crippen LogP contribution in [0.3, 0.4) is 0 Å². The molecule has 2 aliphatic heterocycles. The van der Waals surface area contributed by atoms with Crippen molar-refractivity contribution in [3.63, 3.8) is 0 Å². The van der Waals surface area contributed by atoms with E-state index in [1.54, 1.807) is 6.33 Å². The Balaban J connectivity index is 1.52. The zero-order valence-electron chi connectivity index (χ0n) is 15.9. The molecular formula is C17H26N6O3S. The van der Waals surface area contributed by atoms with E-state index in [-0.39, 0.29) is 29.5 Å². The first-order chi connectivity index (χ1) is 12.8. The van der Waals surface area contributed by atoms with Gasteiger partial charge in [0.2, 0.25) is 5.89 Å². The fraction of sp³-hybridized carbons (Fsp3) is 0.706. The summed E-state index contributed by atoms with van der Waals surface area (Å²) in [5.41, 5.74) is 2.01. The van der Waals surface area contributed by atoms with Gasteiger partial charge in [-0.25, -0.2) is 13.4 Å². The van der Waals surface area contributed by atoms with Gasteiger partial charge in [0, 0.05) is 43.3 Å². The molecule has 0 aromatic carbocycles. The Bertz CT molecular complexity index is 905. The van der Waals surface area contributed by atoms with Gasteiger partial charge in [-0.2, -0.15) is 4.98 Å². The number of aromatic amines is 1. The van der Waals surface area contributed by atoms with E-state index in [1.807, 2.05) is 20.8 Å². The highest BCUT2D eigenvalue weighted by atomic mass is 32.2. The van der Waals surface area contributed by atoms with Crippen molar-refractivity contribution in [2.45, 2.75) is 51.9 Å². The van der Waals surface area contributed by atoms with E-state index >= 15 is 0 Å². The number of rotatable bonds is 5. The standard InChI is InChI=1S/C17H26N6O3S/c1-11(2)17-20-16(21-26-17)7-23-5-4-22(6-13-12(3)18-10-19-13)14-8-27(24,25)9-15(14)23/h10-11,14-15H,4-9H2,1-3H3,(H,18,19)/t14-,15+/m1/s1. The zero-order chi connectivity index (χ0) is 19.2. The van der Waals surface area contributed by atoms with Crippen LogP contribution >= 0.6 is 0 Å². The number of hydrogen-bond donors (Lipinski definition) is 1. The molecule has 4 rings (SSSR count). The number of piperazine rings is 1. The molecule has 4 heterocycles.